The molecule has 1 N–H and O–H groups in total. The van der Waals surface area contributed by atoms with Crippen LogP contribution in [-0.2, 0) is 4.79 Å². The third-order valence-electron chi connectivity index (χ3n) is 7.28. The van der Waals surface area contributed by atoms with E-state index >= 15 is 0 Å². The number of allylic oxidation sites excluding steroid dienone is 4. The number of carbonyl (C=O) groups is 1. The molecule has 0 spiro atoms. The molecule has 0 unspecified atom stereocenters. The molecule has 3 aliphatic carbocycles. The molecule has 2 saturated carbocycles. The molecule has 0 aromatic carbocycles. The van der Waals surface area contributed by atoms with Gasteiger partial charge in [-0.15, -0.1) is 0 Å². The summed E-state index contributed by atoms with van der Waals surface area (Å²) >= 11 is 0. The second-order valence-electron chi connectivity index (χ2n) is 8.79. The zero-order chi connectivity index (χ0) is 16.3. The summed E-state index contributed by atoms with van der Waals surface area (Å²) in [4.78, 5) is 13.1. The Bertz CT molecular complexity index is 558. The highest BCUT2D eigenvalue weighted by atomic mass is 16.3. The monoisotopic (exact) mass is 302 g/mol. The van der Waals surface area contributed by atoms with Gasteiger partial charge in [-0.2, -0.15) is 0 Å². The summed E-state index contributed by atoms with van der Waals surface area (Å²) in [6, 6.07) is 0. The molecule has 0 aliphatic heterocycles. The van der Waals surface area contributed by atoms with Gasteiger partial charge in [0.25, 0.3) is 0 Å². The van der Waals surface area contributed by atoms with Crippen LogP contribution in [0.25, 0.3) is 0 Å². The first kappa shape index (κ1) is 16.0. The van der Waals surface area contributed by atoms with Crippen LogP contribution in [0.3, 0.4) is 0 Å². The van der Waals surface area contributed by atoms with Crippen LogP contribution in [0.2, 0.25) is 0 Å². The predicted octanol–water partition coefficient (Wildman–Crippen LogP) is 4.29. The fourth-order valence-electron chi connectivity index (χ4n) is 5.43. The van der Waals surface area contributed by atoms with Crippen molar-refractivity contribution in [3.63, 3.8) is 0 Å². The van der Waals surface area contributed by atoms with Gasteiger partial charge in [0.2, 0.25) is 0 Å². The molecule has 0 radical (unpaired) electrons. The Kier molecular flexibility index (Phi) is 3.49. The molecule has 0 heterocycles. The van der Waals surface area contributed by atoms with E-state index in [1.54, 1.807) is 0 Å². The number of hydrogen-bond acceptors (Lipinski definition) is 2. The third kappa shape index (κ3) is 1.99. The number of fused-ring (bicyclic) bond motifs is 2. The lowest BCUT2D eigenvalue weighted by Crippen LogP contribution is -2.44. The predicted molar refractivity (Wildman–Crippen MR) is 89.4 cm³/mol. The van der Waals surface area contributed by atoms with Crippen LogP contribution in [0.15, 0.2) is 23.8 Å². The normalized spacial score (nSPS) is 48.0. The molecule has 3 rings (SSSR count). The van der Waals surface area contributed by atoms with Gasteiger partial charge in [0, 0.05) is 12.3 Å². The summed E-state index contributed by atoms with van der Waals surface area (Å²) in [5.74, 6) is 0.897. The maximum absolute atomic E-state index is 13.1. The summed E-state index contributed by atoms with van der Waals surface area (Å²) in [5, 5.41) is 11.3. The number of hydrogen-bond donors (Lipinski definition) is 1. The summed E-state index contributed by atoms with van der Waals surface area (Å²) in [6.45, 7) is 10.8. The summed E-state index contributed by atoms with van der Waals surface area (Å²) in [5.41, 5.74) is 0.317. The van der Waals surface area contributed by atoms with E-state index in [0.29, 0.717) is 12.2 Å². The zero-order valence-corrected chi connectivity index (χ0v) is 14.6. The van der Waals surface area contributed by atoms with Gasteiger partial charge in [-0.25, -0.2) is 0 Å². The fourth-order valence-corrected chi connectivity index (χ4v) is 5.43. The SMILES string of the molecule is CC1=CC=C[C@]2(C)C(=O)C[C@H]3[C@@](C)(CC[C@]3(O)C(C)C)C[C@H]12. The lowest BCUT2D eigenvalue weighted by atomic mass is 9.64. The van der Waals surface area contributed by atoms with Gasteiger partial charge in [-0.3, -0.25) is 4.79 Å². The van der Waals surface area contributed by atoms with E-state index in [4.69, 9.17) is 0 Å². The number of rotatable bonds is 1. The topological polar surface area (TPSA) is 37.3 Å². The minimum Gasteiger partial charge on any atom is -0.389 e. The van der Waals surface area contributed by atoms with Crippen molar-refractivity contribution in [2.24, 2.45) is 28.6 Å². The largest absolute Gasteiger partial charge is 0.389 e. The van der Waals surface area contributed by atoms with E-state index < -0.39 is 5.60 Å². The number of carbonyl (C=O) groups excluding carboxylic acids is 1. The molecule has 0 aromatic rings. The van der Waals surface area contributed by atoms with Gasteiger partial charge in [0.1, 0.15) is 5.78 Å². The lowest BCUT2D eigenvalue weighted by Gasteiger charge is -2.41. The number of Topliss-reactive ketones (excluding diaryl/α,β-unsaturated/α-hetero) is 1. The zero-order valence-electron chi connectivity index (χ0n) is 14.6. The van der Waals surface area contributed by atoms with Crippen LogP contribution in [0, 0.1) is 28.6 Å². The quantitative estimate of drug-likeness (QED) is 0.784. The first-order chi connectivity index (χ1) is 10.1. The van der Waals surface area contributed by atoms with Crippen molar-refractivity contribution in [2.45, 2.75) is 65.9 Å². The molecule has 2 heteroatoms. The van der Waals surface area contributed by atoms with Crippen LogP contribution >= 0.6 is 0 Å². The molecule has 0 bridgehead atoms. The fraction of sp³-hybridized carbons (Fsp3) is 0.750. The van der Waals surface area contributed by atoms with E-state index in [0.717, 1.165) is 19.3 Å². The van der Waals surface area contributed by atoms with Gasteiger partial charge in [0.05, 0.1) is 11.0 Å². The Morgan fingerprint density at radius 2 is 1.95 bits per heavy atom. The molecule has 122 valence electrons. The molecule has 3 aliphatic rings. The Hall–Kier alpha value is -0.890. The molecule has 22 heavy (non-hydrogen) atoms. The van der Waals surface area contributed by atoms with Crippen molar-refractivity contribution in [3.8, 4) is 0 Å². The molecule has 2 fully saturated rings. The Balaban J connectivity index is 2.06. The van der Waals surface area contributed by atoms with Gasteiger partial charge in [-0.05, 0) is 50.4 Å². The molecule has 2 nitrogen and oxygen atoms in total. The van der Waals surface area contributed by atoms with Crippen molar-refractivity contribution in [2.75, 3.05) is 0 Å². The lowest BCUT2D eigenvalue weighted by molar-refractivity contribution is -0.131. The highest BCUT2D eigenvalue weighted by molar-refractivity contribution is 5.88. The van der Waals surface area contributed by atoms with Crippen LogP contribution in [0.1, 0.15) is 60.3 Å². The Labute approximate surface area is 134 Å². The van der Waals surface area contributed by atoms with Gasteiger partial charge in [-0.1, -0.05) is 44.6 Å². The van der Waals surface area contributed by atoms with Crippen molar-refractivity contribution in [3.05, 3.63) is 23.8 Å². The van der Waals surface area contributed by atoms with Crippen molar-refractivity contribution in [1.82, 2.24) is 0 Å². The second kappa shape index (κ2) is 4.80. The Morgan fingerprint density at radius 3 is 2.59 bits per heavy atom. The highest BCUT2D eigenvalue weighted by Gasteiger charge is 2.60. The third-order valence-corrected chi connectivity index (χ3v) is 7.28. The average molecular weight is 302 g/mol. The molecule has 5 atom stereocenters. The average Bonchev–Trinajstić information content (AvgIpc) is 2.64. The second-order valence-corrected chi connectivity index (χ2v) is 8.79. The summed E-state index contributed by atoms with van der Waals surface area (Å²) < 4.78 is 0. The maximum Gasteiger partial charge on any atom is 0.143 e. The summed E-state index contributed by atoms with van der Waals surface area (Å²) in [7, 11) is 0. The molecule has 0 amide bonds. The van der Waals surface area contributed by atoms with Crippen molar-refractivity contribution >= 4 is 5.78 Å². The van der Waals surface area contributed by atoms with E-state index in [1.165, 1.54) is 5.57 Å². The van der Waals surface area contributed by atoms with Gasteiger partial charge in [0.15, 0.2) is 0 Å². The highest BCUT2D eigenvalue weighted by Crippen LogP contribution is 2.61. The minimum absolute atomic E-state index is 0.0669. The summed E-state index contributed by atoms with van der Waals surface area (Å²) in [6.07, 6.45) is 9.71. The minimum atomic E-state index is -0.685. The number of ketones is 1. The molecular weight excluding hydrogens is 272 g/mol. The molecule has 0 saturated heterocycles. The van der Waals surface area contributed by atoms with E-state index in [9.17, 15) is 9.90 Å². The van der Waals surface area contributed by atoms with Crippen LogP contribution in [-0.4, -0.2) is 16.5 Å². The Morgan fingerprint density at radius 1 is 1.27 bits per heavy atom. The van der Waals surface area contributed by atoms with Gasteiger partial charge < -0.3 is 5.11 Å². The smallest absolute Gasteiger partial charge is 0.143 e. The maximum atomic E-state index is 13.1. The first-order valence-electron chi connectivity index (χ1n) is 8.75. The van der Waals surface area contributed by atoms with Crippen LogP contribution in [0.5, 0.6) is 0 Å². The van der Waals surface area contributed by atoms with E-state index in [1.807, 2.05) is 6.08 Å². The molecule has 0 aromatic heterocycles. The van der Waals surface area contributed by atoms with E-state index in [2.05, 4.69) is 46.8 Å². The standard InChI is InChI=1S/C20H30O2/c1-13(2)20(22)10-9-18(4)12-15-14(3)7-6-8-19(15,5)17(21)11-16(18)20/h6-8,13,15-16,22H,9-12H2,1-5H3/t15-,16+,18+,19+,20+/m1/s1. The van der Waals surface area contributed by atoms with Crippen molar-refractivity contribution in [1.29, 1.82) is 0 Å². The first-order valence-corrected chi connectivity index (χ1v) is 8.75. The van der Waals surface area contributed by atoms with E-state index in [-0.39, 0.29) is 28.6 Å². The van der Waals surface area contributed by atoms with Crippen LogP contribution < -0.4 is 0 Å². The van der Waals surface area contributed by atoms with Gasteiger partial charge >= 0.3 is 0 Å². The molecular formula is C20H30O2. The number of aliphatic hydroxyl groups is 1. The van der Waals surface area contributed by atoms with Crippen LogP contribution in [0.4, 0.5) is 0 Å². The van der Waals surface area contributed by atoms with Crippen molar-refractivity contribution < 1.29 is 9.90 Å².